The maximum atomic E-state index is 10.1. The molecule has 0 fully saturated rings. The van der Waals surface area contributed by atoms with Crippen molar-refractivity contribution in [2.45, 2.75) is 13.8 Å². The number of pyridine rings is 2. The molecule has 5 aromatic rings. The molecule has 0 aliphatic carbocycles. The van der Waals surface area contributed by atoms with Crippen LogP contribution >= 0.6 is 0 Å². The van der Waals surface area contributed by atoms with Crippen molar-refractivity contribution in [3.63, 3.8) is 0 Å². The average Bonchev–Trinajstić information content (AvgIpc) is 2.86. The number of carbonyl (C=O) groups is 2. The zero-order chi connectivity index (χ0) is 24.5. The van der Waals surface area contributed by atoms with E-state index < -0.39 is 11.9 Å². The van der Waals surface area contributed by atoms with Crippen LogP contribution < -0.4 is 10.2 Å². The van der Waals surface area contributed by atoms with E-state index in [1.807, 2.05) is 26.0 Å². The van der Waals surface area contributed by atoms with Gasteiger partial charge in [-0.25, -0.2) is 0 Å². The number of hydrogen-bond acceptors (Lipinski definition) is 6. The molecule has 2 heterocycles. The molecule has 0 atom stereocenters. The Hall–Kier alpha value is -3.96. The Labute approximate surface area is 216 Å². The van der Waals surface area contributed by atoms with E-state index in [0.29, 0.717) is 0 Å². The van der Waals surface area contributed by atoms with Gasteiger partial charge >= 0.3 is 19.5 Å². The Morgan fingerprint density at radius 2 is 0.857 bits per heavy atom. The molecule has 0 amide bonds. The molecule has 7 heteroatoms. The zero-order valence-electron chi connectivity index (χ0n) is 19.5. The molecule has 0 bridgehead atoms. The van der Waals surface area contributed by atoms with Crippen LogP contribution in [0.4, 0.5) is 0 Å². The van der Waals surface area contributed by atoms with Crippen LogP contribution in [-0.4, -0.2) is 21.9 Å². The standard InChI is InChI=1S/C14H12N2.2C7H6O2.Zn/c1-9-3-5-11-7-8-12-6-4-10(2)16-14(12)13(11)15-9;2*8-7(9)6-4-2-1-3-5-6;/h3-8H,1-2H3;2*1-5H,(H,8,9);/q;;;+2/p-2. The molecule has 0 unspecified atom stereocenters. The molecule has 0 aliphatic heterocycles. The second kappa shape index (κ2) is 13.1. The summed E-state index contributed by atoms with van der Waals surface area (Å²) in [5.74, 6) is -2.26. The van der Waals surface area contributed by atoms with Gasteiger partial charge in [0.1, 0.15) is 0 Å². The SMILES string of the molecule is Cc1ccc2ccc3ccc(C)nc3c2n1.O=C([O-])c1ccccc1.O=C([O-])c1ccccc1.[Zn+2]. The topological polar surface area (TPSA) is 106 Å². The summed E-state index contributed by atoms with van der Waals surface area (Å²) >= 11 is 0. The molecule has 0 N–H and O–H groups in total. The van der Waals surface area contributed by atoms with Crippen molar-refractivity contribution in [3.05, 3.63) is 120 Å². The third-order valence-corrected chi connectivity index (χ3v) is 4.82. The number of carboxylic acid groups (broad SMARTS) is 2. The molecule has 0 spiro atoms. The van der Waals surface area contributed by atoms with Gasteiger partial charge in [0.2, 0.25) is 0 Å². The fourth-order valence-corrected chi connectivity index (χ4v) is 3.11. The number of rotatable bonds is 2. The molecular formula is C28H22N2O4Zn. The number of carboxylic acids is 2. The van der Waals surface area contributed by atoms with Crippen molar-refractivity contribution in [1.82, 2.24) is 9.97 Å². The van der Waals surface area contributed by atoms with Crippen LogP contribution in [-0.2, 0) is 19.5 Å². The van der Waals surface area contributed by atoms with Gasteiger partial charge in [0, 0.05) is 22.2 Å². The van der Waals surface area contributed by atoms with Gasteiger partial charge in [-0.15, -0.1) is 0 Å². The van der Waals surface area contributed by atoms with E-state index in [-0.39, 0.29) is 30.6 Å². The molecular weight excluding hydrogens is 494 g/mol. The number of fused-ring (bicyclic) bond motifs is 3. The van der Waals surface area contributed by atoms with E-state index >= 15 is 0 Å². The largest absolute Gasteiger partial charge is 2.00 e. The molecule has 5 rings (SSSR count). The minimum Gasteiger partial charge on any atom is -0.545 e. The van der Waals surface area contributed by atoms with E-state index in [4.69, 9.17) is 0 Å². The molecule has 2 aromatic heterocycles. The van der Waals surface area contributed by atoms with Crippen molar-refractivity contribution in [2.75, 3.05) is 0 Å². The minimum atomic E-state index is -1.13. The van der Waals surface area contributed by atoms with Gasteiger partial charge in [0.15, 0.2) is 0 Å². The Bertz CT molecular complexity index is 1310. The first kappa shape index (κ1) is 27.3. The Morgan fingerprint density at radius 3 is 1.14 bits per heavy atom. The number of aryl methyl sites for hydroxylation is 2. The van der Waals surface area contributed by atoms with Gasteiger partial charge in [-0.3, -0.25) is 9.97 Å². The van der Waals surface area contributed by atoms with Crippen molar-refractivity contribution < 1.29 is 39.3 Å². The first-order valence-electron chi connectivity index (χ1n) is 10.5. The summed E-state index contributed by atoms with van der Waals surface area (Å²) in [6.45, 7) is 4.02. The second-order valence-corrected chi connectivity index (χ2v) is 7.42. The summed E-state index contributed by atoms with van der Waals surface area (Å²) < 4.78 is 0. The molecule has 0 aliphatic rings. The van der Waals surface area contributed by atoms with Gasteiger partial charge in [-0.05, 0) is 37.1 Å². The number of carbonyl (C=O) groups excluding carboxylic acids is 2. The second-order valence-electron chi connectivity index (χ2n) is 7.42. The van der Waals surface area contributed by atoms with Crippen LogP contribution in [0.5, 0.6) is 0 Å². The Kier molecular flexibility index (Phi) is 10.2. The summed E-state index contributed by atoms with van der Waals surface area (Å²) in [4.78, 5) is 29.3. The fourth-order valence-electron chi connectivity index (χ4n) is 3.11. The summed E-state index contributed by atoms with van der Waals surface area (Å²) in [6.07, 6.45) is 0. The average molecular weight is 516 g/mol. The quantitative estimate of drug-likeness (QED) is 0.263. The van der Waals surface area contributed by atoms with Crippen molar-refractivity contribution in [1.29, 1.82) is 0 Å². The van der Waals surface area contributed by atoms with Crippen LogP contribution in [0, 0.1) is 13.8 Å². The number of nitrogens with zero attached hydrogens (tertiary/aromatic N) is 2. The van der Waals surface area contributed by atoms with Gasteiger partial charge in [-0.2, -0.15) is 0 Å². The van der Waals surface area contributed by atoms with Crippen LogP contribution in [0.1, 0.15) is 32.1 Å². The zero-order valence-corrected chi connectivity index (χ0v) is 22.4. The van der Waals surface area contributed by atoms with Crippen molar-refractivity contribution >= 4 is 33.7 Å². The number of benzene rings is 3. The monoisotopic (exact) mass is 514 g/mol. The van der Waals surface area contributed by atoms with E-state index in [2.05, 4.69) is 34.2 Å². The van der Waals surface area contributed by atoms with E-state index in [1.165, 1.54) is 24.3 Å². The maximum Gasteiger partial charge on any atom is 2.00 e. The molecule has 0 saturated carbocycles. The minimum absolute atomic E-state index is 0. The van der Waals surface area contributed by atoms with Gasteiger partial charge in [-0.1, -0.05) is 84.9 Å². The molecule has 0 radical (unpaired) electrons. The summed E-state index contributed by atoms with van der Waals surface area (Å²) in [7, 11) is 0. The van der Waals surface area contributed by atoms with E-state index in [1.54, 1.807) is 36.4 Å². The first-order valence-corrected chi connectivity index (χ1v) is 10.5. The van der Waals surface area contributed by atoms with Gasteiger partial charge in [0.05, 0.1) is 23.0 Å². The van der Waals surface area contributed by atoms with Crippen LogP contribution in [0.2, 0.25) is 0 Å². The molecule has 170 valence electrons. The third kappa shape index (κ3) is 7.80. The normalized spacial score (nSPS) is 9.66. The van der Waals surface area contributed by atoms with E-state index in [9.17, 15) is 19.8 Å². The van der Waals surface area contributed by atoms with Crippen molar-refractivity contribution in [2.24, 2.45) is 0 Å². The van der Waals surface area contributed by atoms with Gasteiger partial charge < -0.3 is 19.8 Å². The number of aromatic nitrogens is 2. The molecule has 35 heavy (non-hydrogen) atoms. The number of hydrogen-bond donors (Lipinski definition) is 0. The maximum absolute atomic E-state index is 10.1. The van der Waals surface area contributed by atoms with Crippen LogP contribution in [0.3, 0.4) is 0 Å². The summed E-state index contributed by atoms with van der Waals surface area (Å²) in [6, 6.07) is 28.6. The summed E-state index contributed by atoms with van der Waals surface area (Å²) in [5.41, 5.74) is 4.50. The van der Waals surface area contributed by atoms with Crippen LogP contribution in [0.25, 0.3) is 21.8 Å². The van der Waals surface area contributed by atoms with Gasteiger partial charge in [0.25, 0.3) is 0 Å². The van der Waals surface area contributed by atoms with Crippen molar-refractivity contribution in [3.8, 4) is 0 Å². The molecule has 0 saturated heterocycles. The predicted molar refractivity (Wildman–Crippen MR) is 128 cm³/mol. The molecule has 6 nitrogen and oxygen atoms in total. The summed E-state index contributed by atoms with van der Waals surface area (Å²) in [5, 5.41) is 22.5. The first-order chi connectivity index (χ1) is 16.3. The Balaban J connectivity index is 0.000000197. The molecule has 3 aromatic carbocycles. The number of aromatic carboxylic acids is 2. The predicted octanol–water partition coefficient (Wildman–Crippen LogP) is 3.50. The van der Waals surface area contributed by atoms with Crippen LogP contribution in [0.15, 0.2) is 97.1 Å². The van der Waals surface area contributed by atoms with E-state index in [0.717, 1.165) is 33.2 Å². The third-order valence-electron chi connectivity index (χ3n) is 4.82. The fraction of sp³-hybridized carbons (Fsp3) is 0.0714. The smallest absolute Gasteiger partial charge is 0.545 e. The Morgan fingerprint density at radius 1 is 0.543 bits per heavy atom.